The van der Waals surface area contributed by atoms with Gasteiger partial charge < -0.3 is 4.90 Å². The lowest BCUT2D eigenvalue weighted by Crippen LogP contribution is -2.53. The van der Waals surface area contributed by atoms with Crippen molar-refractivity contribution in [3.05, 3.63) is 41.5 Å². The molecule has 2 atom stereocenters. The van der Waals surface area contributed by atoms with E-state index < -0.39 is 15.1 Å². The Bertz CT molecular complexity index is 747. The standard InChI is InChI=1S/C16H18N2O3S/c1-12-13(2)22(20,21)9-8-18(12)16(19)7-6-14-4-3-5-15(10-14)11-17/h3-7,10,12-13H,8-9H2,1-2H3/b7-6+/t12-,13+/m1/s1. The molecule has 116 valence electrons. The molecule has 0 spiro atoms. The van der Waals surface area contributed by atoms with Gasteiger partial charge in [-0.2, -0.15) is 5.26 Å². The van der Waals surface area contributed by atoms with Gasteiger partial charge in [0.25, 0.3) is 0 Å². The van der Waals surface area contributed by atoms with Crippen molar-refractivity contribution >= 4 is 21.8 Å². The third kappa shape index (κ3) is 3.37. The molecule has 2 rings (SSSR count). The van der Waals surface area contributed by atoms with Gasteiger partial charge in [0, 0.05) is 18.7 Å². The maximum absolute atomic E-state index is 12.3. The Balaban J connectivity index is 2.12. The molecule has 1 fully saturated rings. The summed E-state index contributed by atoms with van der Waals surface area (Å²) in [4.78, 5) is 13.9. The molecule has 22 heavy (non-hydrogen) atoms. The number of amides is 1. The van der Waals surface area contributed by atoms with Crippen LogP contribution in [0.25, 0.3) is 6.08 Å². The van der Waals surface area contributed by atoms with Gasteiger partial charge in [0.2, 0.25) is 5.91 Å². The Morgan fingerprint density at radius 3 is 2.82 bits per heavy atom. The first-order valence-electron chi connectivity index (χ1n) is 7.05. The zero-order valence-corrected chi connectivity index (χ0v) is 13.4. The molecule has 1 heterocycles. The lowest BCUT2D eigenvalue weighted by molar-refractivity contribution is -0.127. The fraction of sp³-hybridized carbons (Fsp3) is 0.375. The van der Waals surface area contributed by atoms with Crippen LogP contribution in [0.2, 0.25) is 0 Å². The first-order valence-corrected chi connectivity index (χ1v) is 8.77. The number of nitriles is 1. The lowest BCUT2D eigenvalue weighted by Gasteiger charge is -2.36. The minimum absolute atomic E-state index is 0.00199. The molecule has 1 aromatic carbocycles. The highest BCUT2D eigenvalue weighted by Gasteiger charge is 2.37. The van der Waals surface area contributed by atoms with Crippen molar-refractivity contribution in [2.24, 2.45) is 0 Å². The SMILES string of the molecule is C[C@@H]1[C@H](C)S(=O)(=O)CCN1C(=O)/C=C/c1cccc(C#N)c1. The zero-order chi connectivity index (χ0) is 16.3. The van der Waals surface area contributed by atoms with Crippen LogP contribution in [-0.4, -0.2) is 42.8 Å². The topological polar surface area (TPSA) is 78.2 Å². The number of hydrogen-bond acceptors (Lipinski definition) is 4. The molecule has 0 radical (unpaired) electrons. The zero-order valence-electron chi connectivity index (χ0n) is 12.6. The number of carbonyl (C=O) groups excluding carboxylic acids is 1. The van der Waals surface area contributed by atoms with Crippen molar-refractivity contribution in [3.8, 4) is 6.07 Å². The second-order valence-corrected chi connectivity index (χ2v) is 7.89. The summed E-state index contributed by atoms with van der Waals surface area (Å²) in [5.41, 5.74) is 1.29. The van der Waals surface area contributed by atoms with Crippen LogP contribution in [0.1, 0.15) is 25.0 Å². The summed E-state index contributed by atoms with van der Waals surface area (Å²) in [6.45, 7) is 3.61. The van der Waals surface area contributed by atoms with Crippen LogP contribution >= 0.6 is 0 Å². The molecule has 0 N–H and O–H groups in total. The maximum atomic E-state index is 12.3. The summed E-state index contributed by atoms with van der Waals surface area (Å²) in [6.07, 6.45) is 3.07. The number of carbonyl (C=O) groups is 1. The molecule has 0 unspecified atom stereocenters. The van der Waals surface area contributed by atoms with Crippen LogP contribution in [0.15, 0.2) is 30.3 Å². The smallest absolute Gasteiger partial charge is 0.246 e. The third-order valence-corrected chi connectivity index (χ3v) is 6.35. The van der Waals surface area contributed by atoms with Crippen LogP contribution in [-0.2, 0) is 14.6 Å². The fourth-order valence-electron chi connectivity index (χ4n) is 2.45. The van der Waals surface area contributed by atoms with Crippen molar-refractivity contribution in [2.45, 2.75) is 25.1 Å². The van der Waals surface area contributed by atoms with Gasteiger partial charge in [-0.15, -0.1) is 0 Å². The second kappa shape index (κ2) is 6.32. The number of rotatable bonds is 2. The van der Waals surface area contributed by atoms with Crippen LogP contribution in [0, 0.1) is 11.3 Å². The minimum Gasteiger partial charge on any atom is -0.334 e. The Morgan fingerprint density at radius 1 is 1.41 bits per heavy atom. The number of benzene rings is 1. The highest BCUT2D eigenvalue weighted by atomic mass is 32.2. The fourth-order valence-corrected chi connectivity index (χ4v) is 4.02. The molecule has 0 saturated carbocycles. The van der Waals surface area contributed by atoms with Crippen molar-refractivity contribution in [1.82, 2.24) is 4.90 Å². The quantitative estimate of drug-likeness (QED) is 0.776. The molecule has 1 saturated heterocycles. The number of nitrogens with zero attached hydrogens (tertiary/aromatic N) is 2. The molecule has 0 aromatic heterocycles. The van der Waals surface area contributed by atoms with E-state index in [1.807, 2.05) is 6.07 Å². The van der Waals surface area contributed by atoms with Crippen LogP contribution in [0.4, 0.5) is 0 Å². The molecule has 0 bridgehead atoms. The van der Waals surface area contributed by atoms with E-state index in [9.17, 15) is 13.2 Å². The minimum atomic E-state index is -3.11. The highest BCUT2D eigenvalue weighted by Crippen LogP contribution is 2.19. The lowest BCUT2D eigenvalue weighted by atomic mass is 10.1. The van der Waals surface area contributed by atoms with Crippen LogP contribution < -0.4 is 0 Å². The van der Waals surface area contributed by atoms with E-state index in [1.54, 1.807) is 49.1 Å². The maximum Gasteiger partial charge on any atom is 0.246 e. The average Bonchev–Trinajstić information content (AvgIpc) is 2.51. The normalized spacial score (nSPS) is 24.1. The highest BCUT2D eigenvalue weighted by molar-refractivity contribution is 7.92. The van der Waals surface area contributed by atoms with Gasteiger partial charge >= 0.3 is 0 Å². The van der Waals surface area contributed by atoms with Crippen molar-refractivity contribution in [1.29, 1.82) is 5.26 Å². The molecule has 1 amide bonds. The molecule has 6 heteroatoms. The van der Waals surface area contributed by atoms with Gasteiger partial charge in [0.1, 0.15) is 0 Å². The van der Waals surface area contributed by atoms with Crippen molar-refractivity contribution in [3.63, 3.8) is 0 Å². The summed E-state index contributed by atoms with van der Waals surface area (Å²) in [5.74, 6) is -0.209. The van der Waals surface area contributed by atoms with Gasteiger partial charge in [-0.3, -0.25) is 4.79 Å². The van der Waals surface area contributed by atoms with E-state index in [4.69, 9.17) is 5.26 Å². The van der Waals surface area contributed by atoms with Crippen LogP contribution in [0.5, 0.6) is 0 Å². The monoisotopic (exact) mass is 318 g/mol. The predicted molar refractivity (Wildman–Crippen MR) is 84.6 cm³/mol. The Hall–Kier alpha value is -2.13. The number of sulfone groups is 1. The summed E-state index contributed by atoms with van der Waals surface area (Å²) in [5, 5.41) is 8.30. The van der Waals surface area contributed by atoms with E-state index in [-0.39, 0.29) is 24.2 Å². The van der Waals surface area contributed by atoms with Gasteiger partial charge in [0.05, 0.1) is 22.6 Å². The molecule has 5 nitrogen and oxygen atoms in total. The Kier molecular flexibility index (Phi) is 4.67. The molecule has 1 aliphatic heterocycles. The summed E-state index contributed by atoms with van der Waals surface area (Å²) < 4.78 is 23.6. The van der Waals surface area contributed by atoms with E-state index in [2.05, 4.69) is 0 Å². The van der Waals surface area contributed by atoms with E-state index in [0.717, 1.165) is 5.56 Å². The predicted octanol–water partition coefficient (Wildman–Crippen LogP) is 1.61. The molecular formula is C16H18N2O3S. The van der Waals surface area contributed by atoms with Crippen molar-refractivity contribution in [2.75, 3.05) is 12.3 Å². The molecular weight excluding hydrogens is 300 g/mol. The Labute approximate surface area is 130 Å². The summed E-state index contributed by atoms with van der Waals surface area (Å²) in [6, 6.07) is 8.64. The van der Waals surface area contributed by atoms with Crippen LogP contribution in [0.3, 0.4) is 0 Å². The largest absolute Gasteiger partial charge is 0.334 e. The van der Waals surface area contributed by atoms with Gasteiger partial charge in [-0.1, -0.05) is 12.1 Å². The van der Waals surface area contributed by atoms with E-state index >= 15 is 0 Å². The van der Waals surface area contributed by atoms with Gasteiger partial charge in [-0.05, 0) is 37.6 Å². The van der Waals surface area contributed by atoms with E-state index in [0.29, 0.717) is 5.56 Å². The third-order valence-electron chi connectivity index (χ3n) is 4.07. The summed E-state index contributed by atoms with van der Waals surface area (Å²) in [7, 11) is -3.11. The van der Waals surface area contributed by atoms with Gasteiger partial charge in [0.15, 0.2) is 9.84 Å². The Morgan fingerprint density at radius 2 is 2.14 bits per heavy atom. The van der Waals surface area contributed by atoms with Gasteiger partial charge in [-0.25, -0.2) is 8.42 Å². The molecule has 0 aliphatic carbocycles. The first-order chi connectivity index (χ1) is 10.3. The molecule has 1 aromatic rings. The van der Waals surface area contributed by atoms with Crippen molar-refractivity contribution < 1.29 is 13.2 Å². The summed E-state index contributed by atoms with van der Waals surface area (Å²) >= 11 is 0. The first kappa shape index (κ1) is 16.2. The van der Waals surface area contributed by atoms with E-state index in [1.165, 1.54) is 6.08 Å². The molecule has 1 aliphatic rings. The number of hydrogen-bond donors (Lipinski definition) is 0. The average molecular weight is 318 g/mol. The second-order valence-electron chi connectivity index (χ2n) is 5.41.